The number of nitrogens with zero attached hydrogens (tertiary/aromatic N) is 2. The fraction of sp³-hybridized carbons (Fsp3) is 0.918. The molecule has 0 saturated heterocycles. The van der Waals surface area contributed by atoms with Gasteiger partial charge in [-0.05, 0) is 110 Å². The van der Waals surface area contributed by atoms with Crippen molar-refractivity contribution in [2.45, 2.75) is 220 Å². The summed E-state index contributed by atoms with van der Waals surface area (Å²) >= 11 is 0. The first-order valence-corrected chi connectivity index (χ1v) is 24.4. The van der Waals surface area contributed by atoms with Crippen LogP contribution in [0.1, 0.15) is 220 Å². The zero-order valence-corrected chi connectivity index (χ0v) is 37.3. The van der Waals surface area contributed by atoms with Crippen LogP contribution in [0.15, 0.2) is 24.3 Å². The molecule has 0 unspecified atom stereocenters. The first-order valence-electron chi connectivity index (χ1n) is 24.4. The Balaban J connectivity index is 3.78. The molecule has 0 rings (SSSR count). The molecule has 54 heavy (non-hydrogen) atoms. The van der Waals surface area contributed by atoms with Gasteiger partial charge in [0.1, 0.15) is 0 Å². The zero-order valence-electron chi connectivity index (χ0n) is 37.3. The highest BCUT2D eigenvalue weighted by atomic mass is 16.5. The standard InChI is InChI=1S/C49H99N3O2/c1-4-7-10-12-14-16-18-20-22-24-26-28-30-32-34-36-41-51(40-9-6-3)44-46-53-48-49-54-47-45-52(43-38-39-50)42-37-35-33-31-29-27-25-23-21-19-17-15-13-11-8-5-2/h20-23H,4-19,24-50H2,1-3H3/b22-20+,23-21-. The largest absolute Gasteiger partial charge is 0.378 e. The molecular weight excluding hydrogens is 663 g/mol. The van der Waals surface area contributed by atoms with E-state index in [0.717, 1.165) is 45.8 Å². The van der Waals surface area contributed by atoms with Crippen molar-refractivity contribution in [2.24, 2.45) is 5.73 Å². The third kappa shape index (κ3) is 44.0. The van der Waals surface area contributed by atoms with E-state index >= 15 is 0 Å². The average Bonchev–Trinajstić information content (AvgIpc) is 3.18. The molecule has 5 nitrogen and oxygen atoms in total. The van der Waals surface area contributed by atoms with Crippen LogP contribution in [0.3, 0.4) is 0 Å². The molecule has 0 aromatic carbocycles. The summed E-state index contributed by atoms with van der Waals surface area (Å²) in [5, 5.41) is 0. The van der Waals surface area contributed by atoms with Crippen LogP contribution >= 0.6 is 0 Å². The third-order valence-electron chi connectivity index (χ3n) is 11.0. The van der Waals surface area contributed by atoms with Gasteiger partial charge >= 0.3 is 0 Å². The molecule has 0 aromatic heterocycles. The van der Waals surface area contributed by atoms with Crippen LogP contribution in [0.2, 0.25) is 0 Å². The van der Waals surface area contributed by atoms with Gasteiger partial charge in [0, 0.05) is 13.1 Å². The molecule has 0 spiro atoms. The van der Waals surface area contributed by atoms with Crippen molar-refractivity contribution < 1.29 is 9.47 Å². The van der Waals surface area contributed by atoms with E-state index < -0.39 is 0 Å². The minimum atomic E-state index is 0.697. The minimum absolute atomic E-state index is 0.697. The Bertz CT molecular complexity index is 670. The number of hydrogen-bond acceptors (Lipinski definition) is 5. The smallest absolute Gasteiger partial charge is 0.0701 e. The zero-order chi connectivity index (χ0) is 39.1. The Morgan fingerprint density at radius 1 is 0.315 bits per heavy atom. The number of allylic oxidation sites excluding steroid dienone is 4. The Hall–Kier alpha value is -0.720. The summed E-state index contributed by atoms with van der Waals surface area (Å²) in [6.45, 7) is 17.4. The summed E-state index contributed by atoms with van der Waals surface area (Å²) in [5.41, 5.74) is 5.84. The summed E-state index contributed by atoms with van der Waals surface area (Å²) in [6.07, 6.45) is 51.6. The van der Waals surface area contributed by atoms with Gasteiger partial charge in [-0.3, -0.25) is 0 Å². The Labute approximate surface area is 340 Å². The van der Waals surface area contributed by atoms with E-state index in [1.807, 2.05) is 0 Å². The minimum Gasteiger partial charge on any atom is -0.378 e. The van der Waals surface area contributed by atoms with Crippen molar-refractivity contribution >= 4 is 0 Å². The number of nitrogens with two attached hydrogens (primary N) is 1. The highest BCUT2D eigenvalue weighted by Gasteiger charge is 2.06. The Morgan fingerprint density at radius 3 is 0.963 bits per heavy atom. The number of rotatable bonds is 47. The summed E-state index contributed by atoms with van der Waals surface area (Å²) in [7, 11) is 0. The third-order valence-corrected chi connectivity index (χ3v) is 11.0. The van der Waals surface area contributed by atoms with E-state index in [1.54, 1.807) is 0 Å². The second kappa shape index (κ2) is 48.4. The van der Waals surface area contributed by atoms with Gasteiger partial charge in [-0.25, -0.2) is 0 Å². The second-order valence-electron chi connectivity index (χ2n) is 16.3. The van der Waals surface area contributed by atoms with Crippen LogP contribution in [0.5, 0.6) is 0 Å². The molecule has 0 heterocycles. The van der Waals surface area contributed by atoms with Crippen molar-refractivity contribution in [2.75, 3.05) is 72.2 Å². The van der Waals surface area contributed by atoms with Gasteiger partial charge in [0.2, 0.25) is 0 Å². The Kier molecular flexibility index (Phi) is 47.8. The summed E-state index contributed by atoms with van der Waals surface area (Å²) in [4.78, 5) is 5.19. The molecule has 0 aromatic rings. The number of hydrogen-bond donors (Lipinski definition) is 1. The fourth-order valence-electron chi connectivity index (χ4n) is 7.24. The van der Waals surface area contributed by atoms with Crippen molar-refractivity contribution in [3.05, 3.63) is 24.3 Å². The number of ether oxygens (including phenoxy) is 2. The van der Waals surface area contributed by atoms with Gasteiger partial charge in [-0.2, -0.15) is 0 Å². The number of unbranched alkanes of at least 4 members (excludes halogenated alkanes) is 25. The van der Waals surface area contributed by atoms with Crippen LogP contribution in [0.4, 0.5) is 0 Å². The molecule has 0 fully saturated rings. The van der Waals surface area contributed by atoms with Crippen LogP contribution in [-0.4, -0.2) is 82.0 Å². The molecular formula is C49H99N3O2. The van der Waals surface area contributed by atoms with Gasteiger partial charge < -0.3 is 25.0 Å². The van der Waals surface area contributed by atoms with E-state index in [4.69, 9.17) is 15.2 Å². The Morgan fingerprint density at radius 2 is 0.611 bits per heavy atom. The van der Waals surface area contributed by atoms with Gasteiger partial charge in [-0.1, -0.05) is 167 Å². The van der Waals surface area contributed by atoms with Crippen molar-refractivity contribution in [3.63, 3.8) is 0 Å². The molecule has 0 aliphatic rings. The maximum absolute atomic E-state index is 6.01. The lowest BCUT2D eigenvalue weighted by Crippen LogP contribution is -2.31. The first kappa shape index (κ1) is 53.3. The van der Waals surface area contributed by atoms with Gasteiger partial charge in [-0.15, -0.1) is 0 Å². The summed E-state index contributed by atoms with van der Waals surface area (Å²) < 4.78 is 12.0. The van der Waals surface area contributed by atoms with E-state index in [-0.39, 0.29) is 0 Å². The monoisotopic (exact) mass is 762 g/mol. The summed E-state index contributed by atoms with van der Waals surface area (Å²) in [6, 6.07) is 0. The normalized spacial score (nSPS) is 12.2. The van der Waals surface area contributed by atoms with Crippen LogP contribution in [-0.2, 0) is 9.47 Å². The van der Waals surface area contributed by atoms with Crippen molar-refractivity contribution in [1.29, 1.82) is 0 Å². The lowest BCUT2D eigenvalue weighted by molar-refractivity contribution is 0.0307. The molecule has 5 heteroatoms. The summed E-state index contributed by atoms with van der Waals surface area (Å²) in [5.74, 6) is 0. The second-order valence-corrected chi connectivity index (χ2v) is 16.3. The predicted molar refractivity (Wildman–Crippen MR) is 242 cm³/mol. The molecule has 0 aliphatic heterocycles. The van der Waals surface area contributed by atoms with Crippen molar-refractivity contribution in [1.82, 2.24) is 9.80 Å². The molecule has 0 amide bonds. The molecule has 0 aliphatic carbocycles. The first-order chi connectivity index (χ1) is 26.8. The molecule has 0 bridgehead atoms. The average molecular weight is 762 g/mol. The topological polar surface area (TPSA) is 51.0 Å². The van der Waals surface area contributed by atoms with Gasteiger partial charge in [0.15, 0.2) is 0 Å². The van der Waals surface area contributed by atoms with Crippen molar-refractivity contribution in [3.8, 4) is 0 Å². The molecule has 0 atom stereocenters. The van der Waals surface area contributed by atoms with E-state index in [2.05, 4.69) is 54.9 Å². The predicted octanol–water partition coefficient (Wildman–Crippen LogP) is 13.8. The van der Waals surface area contributed by atoms with Gasteiger partial charge in [0.05, 0.1) is 26.4 Å². The lowest BCUT2D eigenvalue weighted by Gasteiger charge is -2.22. The van der Waals surface area contributed by atoms with E-state index in [0.29, 0.717) is 13.2 Å². The maximum atomic E-state index is 6.01. The SMILES string of the molecule is CCCCCCCC/C=C\CCCCCCCCN(CCCN)CCOCCOCCN(CCCC)CCCCCCCC/C=C/CCCCCCCC. The molecule has 322 valence electrons. The maximum Gasteiger partial charge on any atom is 0.0701 e. The lowest BCUT2D eigenvalue weighted by atomic mass is 10.1. The van der Waals surface area contributed by atoms with E-state index in [1.165, 1.54) is 212 Å². The molecule has 0 radical (unpaired) electrons. The van der Waals surface area contributed by atoms with Gasteiger partial charge in [0.25, 0.3) is 0 Å². The molecule has 2 N–H and O–H groups in total. The molecule has 0 saturated carbocycles. The van der Waals surface area contributed by atoms with E-state index in [9.17, 15) is 0 Å². The highest BCUT2D eigenvalue weighted by molar-refractivity contribution is 4.82. The highest BCUT2D eigenvalue weighted by Crippen LogP contribution is 2.12. The van der Waals surface area contributed by atoms with Crippen LogP contribution in [0.25, 0.3) is 0 Å². The fourth-order valence-corrected chi connectivity index (χ4v) is 7.24. The van der Waals surface area contributed by atoms with Crippen LogP contribution < -0.4 is 5.73 Å². The quantitative estimate of drug-likeness (QED) is 0.0494. The van der Waals surface area contributed by atoms with Crippen LogP contribution in [0, 0.1) is 0 Å².